The molecule has 1 aromatic rings. The van der Waals surface area contributed by atoms with Crippen LogP contribution in [-0.2, 0) is 10.0 Å². The molecule has 0 bridgehead atoms. The van der Waals surface area contributed by atoms with E-state index in [9.17, 15) is 12.8 Å². The van der Waals surface area contributed by atoms with Gasteiger partial charge in [0.25, 0.3) is 0 Å². The number of hydrogen-bond acceptors (Lipinski definition) is 3. The molecule has 16 heavy (non-hydrogen) atoms. The summed E-state index contributed by atoms with van der Waals surface area (Å²) < 4.78 is 43.6. The molecule has 0 amide bonds. The third-order valence-corrected chi connectivity index (χ3v) is 4.15. The number of ether oxygens (including phenoxy) is 1. The normalized spacial score (nSPS) is 13.5. The van der Waals surface area contributed by atoms with Crippen LogP contribution in [0.3, 0.4) is 0 Å². The zero-order valence-electron chi connectivity index (χ0n) is 9.32. The van der Waals surface area contributed by atoms with Gasteiger partial charge in [0.05, 0.1) is 7.11 Å². The minimum atomic E-state index is -3.52. The van der Waals surface area contributed by atoms with Crippen LogP contribution in [-0.4, -0.2) is 22.6 Å². The van der Waals surface area contributed by atoms with Gasteiger partial charge < -0.3 is 4.74 Å². The van der Waals surface area contributed by atoms with Crippen LogP contribution in [0.5, 0.6) is 5.75 Å². The van der Waals surface area contributed by atoms with Crippen molar-refractivity contribution in [3.05, 3.63) is 29.6 Å². The first-order valence-electron chi connectivity index (χ1n) is 4.68. The summed E-state index contributed by atoms with van der Waals surface area (Å²) in [5.41, 5.74) is 0.121. The Balaban J connectivity index is 3.15. The van der Waals surface area contributed by atoms with E-state index in [1.54, 1.807) is 0 Å². The van der Waals surface area contributed by atoms with Crippen LogP contribution >= 0.6 is 0 Å². The monoisotopic (exact) mass is 247 g/mol. The van der Waals surface area contributed by atoms with Gasteiger partial charge in [0.15, 0.2) is 0 Å². The molecule has 1 unspecified atom stereocenters. The average Bonchev–Trinajstić information content (AvgIpc) is 2.28. The molecule has 1 N–H and O–H groups in total. The highest BCUT2D eigenvalue weighted by atomic mass is 32.2. The highest BCUT2D eigenvalue weighted by molar-refractivity contribution is 7.89. The van der Waals surface area contributed by atoms with Crippen molar-refractivity contribution in [2.75, 3.05) is 14.2 Å². The van der Waals surface area contributed by atoms with Gasteiger partial charge in [0.1, 0.15) is 16.8 Å². The molecular formula is C10H14FNO3S. The van der Waals surface area contributed by atoms with E-state index in [2.05, 4.69) is 4.72 Å². The van der Waals surface area contributed by atoms with Crippen molar-refractivity contribution < 1.29 is 17.5 Å². The van der Waals surface area contributed by atoms with Crippen LogP contribution in [0, 0.1) is 5.82 Å². The Morgan fingerprint density at radius 1 is 1.44 bits per heavy atom. The molecule has 0 radical (unpaired) electrons. The predicted molar refractivity (Wildman–Crippen MR) is 59.3 cm³/mol. The largest absolute Gasteiger partial charge is 0.497 e. The van der Waals surface area contributed by atoms with E-state index in [1.165, 1.54) is 33.2 Å². The fraction of sp³-hybridized carbons (Fsp3) is 0.400. The minimum Gasteiger partial charge on any atom is -0.497 e. The van der Waals surface area contributed by atoms with Gasteiger partial charge in [-0.15, -0.1) is 0 Å². The van der Waals surface area contributed by atoms with Crippen LogP contribution in [0.1, 0.15) is 17.7 Å². The Morgan fingerprint density at radius 3 is 2.50 bits per heavy atom. The lowest BCUT2D eigenvalue weighted by Gasteiger charge is -2.13. The number of methoxy groups -OCH3 is 1. The third-order valence-electron chi connectivity index (χ3n) is 2.40. The number of rotatable bonds is 4. The van der Waals surface area contributed by atoms with Crippen LogP contribution < -0.4 is 9.46 Å². The maximum atomic E-state index is 13.6. The molecule has 1 atom stereocenters. The molecule has 6 heteroatoms. The van der Waals surface area contributed by atoms with Crippen molar-refractivity contribution in [2.24, 2.45) is 0 Å². The van der Waals surface area contributed by atoms with Crippen LogP contribution in [0.2, 0.25) is 0 Å². The molecule has 0 fully saturated rings. The summed E-state index contributed by atoms with van der Waals surface area (Å²) in [4.78, 5) is 0. The highest BCUT2D eigenvalue weighted by Crippen LogP contribution is 2.26. The molecule has 0 spiro atoms. The first-order valence-corrected chi connectivity index (χ1v) is 6.22. The second-order valence-electron chi connectivity index (χ2n) is 3.28. The number of hydrogen-bond donors (Lipinski definition) is 1. The lowest BCUT2D eigenvalue weighted by atomic mass is 10.1. The molecule has 0 saturated heterocycles. The predicted octanol–water partition coefficient (Wildman–Crippen LogP) is 1.44. The topological polar surface area (TPSA) is 55.4 Å². The standard InChI is InChI=1S/C10H14FNO3S/c1-7(16(13,14)12-2)9-5-4-8(15-3)6-10(9)11/h4-7,12H,1-3H3. The lowest BCUT2D eigenvalue weighted by molar-refractivity contribution is 0.410. The first kappa shape index (κ1) is 12.9. The second kappa shape index (κ2) is 4.80. The minimum absolute atomic E-state index is 0.121. The number of sulfonamides is 1. The molecule has 0 aliphatic rings. The Bertz CT molecular complexity index is 473. The van der Waals surface area contributed by atoms with E-state index >= 15 is 0 Å². The third kappa shape index (κ3) is 2.51. The van der Waals surface area contributed by atoms with Crippen molar-refractivity contribution in [3.8, 4) is 5.75 Å². The van der Waals surface area contributed by atoms with Gasteiger partial charge in [-0.1, -0.05) is 6.07 Å². The molecule has 0 aliphatic heterocycles. The summed E-state index contributed by atoms with van der Waals surface area (Å²) in [6.07, 6.45) is 0. The second-order valence-corrected chi connectivity index (χ2v) is 5.48. The maximum absolute atomic E-state index is 13.6. The van der Waals surface area contributed by atoms with Gasteiger partial charge in [0, 0.05) is 11.6 Å². The Labute approximate surface area is 94.5 Å². The smallest absolute Gasteiger partial charge is 0.218 e. The summed E-state index contributed by atoms with van der Waals surface area (Å²) in [5, 5.41) is -0.941. The molecule has 0 aromatic heterocycles. The lowest BCUT2D eigenvalue weighted by Crippen LogP contribution is -2.24. The van der Waals surface area contributed by atoms with Crippen molar-refractivity contribution in [3.63, 3.8) is 0 Å². The van der Waals surface area contributed by atoms with Crippen molar-refractivity contribution >= 4 is 10.0 Å². The van der Waals surface area contributed by atoms with Gasteiger partial charge in [-0.25, -0.2) is 17.5 Å². The molecule has 90 valence electrons. The van der Waals surface area contributed by atoms with Gasteiger partial charge in [-0.2, -0.15) is 0 Å². The van der Waals surface area contributed by atoms with Crippen LogP contribution in [0.25, 0.3) is 0 Å². The number of nitrogens with one attached hydrogen (secondary N) is 1. The fourth-order valence-corrected chi connectivity index (χ4v) is 2.19. The Hall–Kier alpha value is -1.14. The van der Waals surface area contributed by atoms with Gasteiger partial charge in [-0.3, -0.25) is 0 Å². The summed E-state index contributed by atoms with van der Waals surface area (Å²) in [7, 11) is -0.806. The van der Waals surface area contributed by atoms with E-state index < -0.39 is 21.1 Å². The first-order chi connectivity index (χ1) is 7.42. The van der Waals surface area contributed by atoms with E-state index in [0.29, 0.717) is 5.75 Å². The molecule has 0 heterocycles. The summed E-state index contributed by atoms with van der Waals surface area (Å²) >= 11 is 0. The number of halogens is 1. The summed E-state index contributed by atoms with van der Waals surface area (Å²) in [6.45, 7) is 1.43. The molecule has 0 saturated carbocycles. The SMILES string of the molecule is CNS(=O)(=O)C(C)c1ccc(OC)cc1F. The highest BCUT2D eigenvalue weighted by Gasteiger charge is 2.23. The van der Waals surface area contributed by atoms with Gasteiger partial charge in [0.2, 0.25) is 10.0 Å². The summed E-state index contributed by atoms with van der Waals surface area (Å²) in [5.74, 6) is -0.235. The van der Waals surface area contributed by atoms with E-state index in [1.807, 2.05) is 0 Å². The Kier molecular flexibility index (Phi) is 3.88. The van der Waals surface area contributed by atoms with E-state index in [-0.39, 0.29) is 5.56 Å². The number of benzene rings is 1. The van der Waals surface area contributed by atoms with E-state index in [0.717, 1.165) is 6.07 Å². The maximum Gasteiger partial charge on any atom is 0.218 e. The van der Waals surface area contributed by atoms with Crippen molar-refractivity contribution in [1.29, 1.82) is 0 Å². The van der Waals surface area contributed by atoms with Crippen molar-refractivity contribution in [2.45, 2.75) is 12.2 Å². The zero-order chi connectivity index (χ0) is 12.3. The summed E-state index contributed by atoms with van der Waals surface area (Å²) in [6, 6.07) is 4.10. The Morgan fingerprint density at radius 2 is 2.06 bits per heavy atom. The van der Waals surface area contributed by atoms with E-state index in [4.69, 9.17) is 4.74 Å². The zero-order valence-corrected chi connectivity index (χ0v) is 10.1. The quantitative estimate of drug-likeness (QED) is 0.876. The molecular weight excluding hydrogens is 233 g/mol. The average molecular weight is 247 g/mol. The molecule has 4 nitrogen and oxygen atoms in total. The van der Waals surface area contributed by atoms with Gasteiger partial charge >= 0.3 is 0 Å². The molecule has 0 aliphatic carbocycles. The molecule has 1 aromatic carbocycles. The van der Waals surface area contributed by atoms with Gasteiger partial charge in [-0.05, 0) is 20.0 Å². The van der Waals surface area contributed by atoms with Crippen molar-refractivity contribution in [1.82, 2.24) is 4.72 Å². The van der Waals surface area contributed by atoms with Crippen LogP contribution in [0.4, 0.5) is 4.39 Å². The molecule has 1 rings (SSSR count). The fourth-order valence-electron chi connectivity index (χ4n) is 1.31. The van der Waals surface area contributed by atoms with Crippen LogP contribution in [0.15, 0.2) is 18.2 Å².